The van der Waals surface area contributed by atoms with Gasteiger partial charge in [0.15, 0.2) is 6.04 Å². The summed E-state index contributed by atoms with van der Waals surface area (Å²) in [4.78, 5) is 52.5. The van der Waals surface area contributed by atoms with Crippen LogP contribution < -0.4 is 5.32 Å². The molecule has 0 heterocycles. The van der Waals surface area contributed by atoms with E-state index in [-0.39, 0.29) is 13.2 Å². The third-order valence-electron chi connectivity index (χ3n) is 5.13. The highest BCUT2D eigenvalue weighted by Gasteiger charge is 2.33. The van der Waals surface area contributed by atoms with Crippen molar-refractivity contribution >= 4 is 23.9 Å². The number of methoxy groups -OCH3 is 1. The molecule has 190 valence electrons. The predicted molar refractivity (Wildman–Crippen MR) is 126 cm³/mol. The summed E-state index contributed by atoms with van der Waals surface area (Å²) in [5, 5.41) is 2.57. The van der Waals surface area contributed by atoms with Gasteiger partial charge in [0.2, 0.25) is 11.8 Å². The number of likely N-dealkylation sites (N-methyl/N-ethyl adjacent to an activating group) is 2. The fourth-order valence-corrected chi connectivity index (χ4v) is 2.79. The zero-order chi connectivity index (χ0) is 26.1. The van der Waals surface area contributed by atoms with Crippen LogP contribution in [0.1, 0.15) is 40.2 Å². The number of hydrogen-bond acceptors (Lipinski definition) is 7. The zero-order valence-corrected chi connectivity index (χ0v) is 21.3. The maximum atomic E-state index is 12.9. The Bertz CT molecular complexity index is 839. The van der Waals surface area contributed by atoms with E-state index < -0.39 is 47.6 Å². The summed E-state index contributed by atoms with van der Waals surface area (Å²) in [6.45, 7) is 8.40. The van der Waals surface area contributed by atoms with Gasteiger partial charge in [0.25, 0.3) is 0 Å². The monoisotopic (exact) mass is 479 g/mol. The van der Waals surface area contributed by atoms with Gasteiger partial charge in [0.05, 0.1) is 20.3 Å². The first-order valence-electron chi connectivity index (χ1n) is 11.0. The van der Waals surface area contributed by atoms with Crippen molar-refractivity contribution < 1.29 is 33.4 Å². The van der Waals surface area contributed by atoms with Gasteiger partial charge in [0, 0.05) is 14.1 Å². The van der Waals surface area contributed by atoms with E-state index in [1.54, 1.807) is 27.7 Å². The highest BCUT2D eigenvalue weighted by molar-refractivity contribution is 5.92. The van der Waals surface area contributed by atoms with E-state index in [2.05, 4.69) is 5.32 Å². The van der Waals surface area contributed by atoms with E-state index in [0.29, 0.717) is 0 Å². The molecule has 1 aromatic carbocycles. The molecule has 0 spiro atoms. The number of nitrogens with one attached hydrogen (secondary N) is 1. The lowest BCUT2D eigenvalue weighted by Gasteiger charge is -2.32. The second kappa shape index (κ2) is 12.9. The number of nitrogens with zero attached hydrogens (tertiary/aromatic N) is 2. The number of rotatable bonds is 10. The van der Waals surface area contributed by atoms with Crippen LogP contribution in [0.2, 0.25) is 0 Å². The number of carbonyl (C=O) groups excluding carboxylic acids is 4. The second-order valence-electron chi connectivity index (χ2n) is 8.98. The maximum absolute atomic E-state index is 12.9. The number of carbonyl (C=O) groups is 4. The fourth-order valence-electron chi connectivity index (χ4n) is 2.79. The van der Waals surface area contributed by atoms with Gasteiger partial charge in [-0.1, -0.05) is 30.3 Å². The van der Waals surface area contributed by atoms with Crippen molar-refractivity contribution in [1.82, 2.24) is 15.1 Å². The van der Waals surface area contributed by atoms with Crippen molar-refractivity contribution in [2.75, 3.05) is 27.8 Å². The normalized spacial score (nSPS) is 13.8. The molecule has 0 saturated heterocycles. The van der Waals surface area contributed by atoms with Gasteiger partial charge in [-0.15, -0.1) is 0 Å². The van der Waals surface area contributed by atoms with Crippen molar-refractivity contribution in [2.45, 2.75) is 65.0 Å². The summed E-state index contributed by atoms with van der Waals surface area (Å²) in [7, 11) is 4.11. The van der Waals surface area contributed by atoms with Crippen LogP contribution in [0.3, 0.4) is 0 Å². The minimum Gasteiger partial charge on any atom is -0.467 e. The second-order valence-corrected chi connectivity index (χ2v) is 8.98. The van der Waals surface area contributed by atoms with E-state index in [4.69, 9.17) is 14.2 Å². The molecule has 0 aliphatic carbocycles. The maximum Gasteiger partial charge on any atom is 0.410 e. The summed E-state index contributed by atoms with van der Waals surface area (Å²) in [6, 6.07) is 6.53. The Morgan fingerprint density at radius 1 is 0.971 bits per heavy atom. The Labute approximate surface area is 201 Å². The standard InChI is InChI=1S/C24H37N3O7/c1-16(26(6)21(29)17(2)27(7)23(31)34-24(3,4)5)20(28)25-19(22(30)32-8)15-33-14-18-12-10-9-11-13-18/h9-13,16-17,19H,14-15H2,1-8H3,(H,25,28)/t16-,17+,19-/m1/s1. The van der Waals surface area contributed by atoms with Gasteiger partial charge < -0.3 is 24.4 Å². The molecule has 1 aromatic rings. The van der Waals surface area contributed by atoms with Gasteiger partial charge in [-0.3, -0.25) is 14.5 Å². The minimum absolute atomic E-state index is 0.102. The van der Waals surface area contributed by atoms with Crippen LogP contribution in [0.25, 0.3) is 0 Å². The van der Waals surface area contributed by atoms with Gasteiger partial charge in [-0.05, 0) is 40.2 Å². The lowest BCUT2D eigenvalue weighted by Crippen LogP contribution is -2.55. The van der Waals surface area contributed by atoms with Gasteiger partial charge >= 0.3 is 12.1 Å². The predicted octanol–water partition coefficient (Wildman–Crippen LogP) is 1.96. The van der Waals surface area contributed by atoms with Crippen molar-refractivity contribution in [3.8, 4) is 0 Å². The topological polar surface area (TPSA) is 114 Å². The molecule has 3 atom stereocenters. The Kier molecular flexibility index (Phi) is 11.0. The summed E-state index contributed by atoms with van der Waals surface area (Å²) in [6.07, 6.45) is -0.653. The van der Waals surface area contributed by atoms with Crippen LogP contribution in [0, 0.1) is 0 Å². The Balaban J connectivity index is 2.74. The Morgan fingerprint density at radius 2 is 1.56 bits per heavy atom. The molecule has 3 amide bonds. The smallest absolute Gasteiger partial charge is 0.410 e. The highest BCUT2D eigenvalue weighted by atomic mass is 16.6. The molecule has 0 aliphatic heterocycles. The Morgan fingerprint density at radius 3 is 2.09 bits per heavy atom. The molecule has 0 unspecified atom stereocenters. The number of ether oxygens (including phenoxy) is 3. The summed E-state index contributed by atoms with van der Waals surface area (Å²) in [5.74, 6) is -1.70. The molecular formula is C24H37N3O7. The molecule has 0 aromatic heterocycles. The van der Waals surface area contributed by atoms with E-state index in [1.807, 2.05) is 30.3 Å². The lowest BCUT2D eigenvalue weighted by atomic mass is 10.2. The van der Waals surface area contributed by atoms with Gasteiger partial charge in [0.1, 0.15) is 17.7 Å². The van der Waals surface area contributed by atoms with Crippen LogP contribution in [-0.4, -0.2) is 85.2 Å². The summed E-state index contributed by atoms with van der Waals surface area (Å²) >= 11 is 0. The third-order valence-corrected chi connectivity index (χ3v) is 5.13. The third kappa shape index (κ3) is 9.01. The average Bonchev–Trinajstić information content (AvgIpc) is 2.79. The van der Waals surface area contributed by atoms with E-state index >= 15 is 0 Å². The summed E-state index contributed by atoms with van der Waals surface area (Å²) < 4.78 is 15.6. The molecule has 0 fully saturated rings. The number of benzene rings is 1. The quantitative estimate of drug-likeness (QED) is 0.510. The van der Waals surface area contributed by atoms with Crippen molar-refractivity contribution in [3.63, 3.8) is 0 Å². The molecule has 10 nitrogen and oxygen atoms in total. The summed E-state index contributed by atoms with van der Waals surface area (Å²) in [5.41, 5.74) is 0.206. The first kappa shape index (κ1) is 28.9. The molecule has 0 aliphatic rings. The van der Waals surface area contributed by atoms with Gasteiger partial charge in [-0.25, -0.2) is 9.59 Å². The largest absolute Gasteiger partial charge is 0.467 e. The average molecular weight is 480 g/mol. The van der Waals surface area contributed by atoms with E-state index in [9.17, 15) is 19.2 Å². The van der Waals surface area contributed by atoms with Crippen LogP contribution >= 0.6 is 0 Å². The number of amides is 3. The molecule has 0 radical (unpaired) electrons. The SMILES string of the molecule is COC(=O)[C@@H](COCc1ccccc1)NC(=O)[C@@H](C)N(C)C(=O)[C@H](C)N(C)C(=O)OC(C)(C)C. The minimum atomic E-state index is -1.05. The molecule has 1 N–H and O–H groups in total. The first-order chi connectivity index (χ1) is 15.8. The van der Waals surface area contributed by atoms with Crippen molar-refractivity contribution in [1.29, 1.82) is 0 Å². The van der Waals surface area contributed by atoms with E-state index in [1.165, 1.54) is 37.9 Å². The van der Waals surface area contributed by atoms with Gasteiger partial charge in [-0.2, -0.15) is 0 Å². The molecule has 0 bridgehead atoms. The molecule has 0 saturated carbocycles. The molecule has 10 heteroatoms. The lowest BCUT2D eigenvalue weighted by molar-refractivity contribution is -0.148. The zero-order valence-electron chi connectivity index (χ0n) is 21.3. The molecule has 34 heavy (non-hydrogen) atoms. The van der Waals surface area contributed by atoms with Crippen molar-refractivity contribution in [3.05, 3.63) is 35.9 Å². The van der Waals surface area contributed by atoms with Crippen LogP contribution in [0.5, 0.6) is 0 Å². The molecule has 1 rings (SSSR count). The first-order valence-corrected chi connectivity index (χ1v) is 11.0. The van der Waals surface area contributed by atoms with Crippen molar-refractivity contribution in [2.24, 2.45) is 0 Å². The van der Waals surface area contributed by atoms with Crippen LogP contribution in [-0.2, 0) is 35.2 Å². The van der Waals surface area contributed by atoms with E-state index in [0.717, 1.165) is 5.56 Å². The highest BCUT2D eigenvalue weighted by Crippen LogP contribution is 2.12. The fraction of sp³-hybridized carbons (Fsp3) is 0.583. The number of esters is 1. The Hall–Kier alpha value is -3.14. The van der Waals surface area contributed by atoms with Crippen LogP contribution in [0.4, 0.5) is 4.79 Å². The van der Waals surface area contributed by atoms with Crippen LogP contribution in [0.15, 0.2) is 30.3 Å². The number of hydrogen-bond donors (Lipinski definition) is 1. The molecular weight excluding hydrogens is 442 g/mol.